The summed E-state index contributed by atoms with van der Waals surface area (Å²) in [6.45, 7) is 0.810. The van der Waals surface area contributed by atoms with Gasteiger partial charge in [0.15, 0.2) is 5.65 Å². The van der Waals surface area contributed by atoms with Gasteiger partial charge in [0, 0.05) is 18.8 Å². The summed E-state index contributed by atoms with van der Waals surface area (Å²) in [7, 11) is 0. The van der Waals surface area contributed by atoms with Gasteiger partial charge in [-0.2, -0.15) is 4.52 Å². The van der Waals surface area contributed by atoms with Gasteiger partial charge in [-0.05, 0) is 47.4 Å². The lowest BCUT2D eigenvalue weighted by Crippen LogP contribution is -2.36. The Bertz CT molecular complexity index is 829. The lowest BCUT2D eigenvalue weighted by atomic mass is 10.0. The number of nitrogens with zero attached hydrogens (tertiary/aromatic N) is 5. The van der Waals surface area contributed by atoms with Gasteiger partial charge in [-0.25, -0.2) is 0 Å². The molecule has 0 spiro atoms. The Hall–Kier alpha value is -2.76. The first kappa shape index (κ1) is 13.9. The largest absolute Gasteiger partial charge is 0.335 e. The third-order valence-corrected chi connectivity index (χ3v) is 4.39. The highest BCUT2D eigenvalue weighted by Gasteiger charge is 2.29. The van der Waals surface area contributed by atoms with E-state index in [1.165, 1.54) is 10.1 Å². The van der Waals surface area contributed by atoms with Crippen LogP contribution in [0.4, 0.5) is 0 Å². The maximum atomic E-state index is 12.9. The van der Waals surface area contributed by atoms with Gasteiger partial charge in [0.2, 0.25) is 0 Å². The van der Waals surface area contributed by atoms with Gasteiger partial charge in [-0.1, -0.05) is 30.3 Å². The van der Waals surface area contributed by atoms with Crippen LogP contribution >= 0.6 is 0 Å². The Kier molecular flexibility index (Phi) is 3.49. The molecule has 0 N–H and O–H groups in total. The van der Waals surface area contributed by atoms with Gasteiger partial charge in [0.1, 0.15) is 0 Å². The standard InChI is InChI=1S/C17H17N5O/c23-17(14-8-9-16-18-19-20-22(16)12-14)21-10-4-7-15(21)11-13-5-2-1-3-6-13/h1-3,5-6,8-9,12,15H,4,7,10-11H2. The molecular formula is C17H17N5O. The van der Waals surface area contributed by atoms with Gasteiger partial charge in [-0.15, -0.1) is 5.10 Å². The molecule has 1 saturated heterocycles. The van der Waals surface area contributed by atoms with Crippen LogP contribution in [0.3, 0.4) is 0 Å². The first-order chi connectivity index (χ1) is 11.3. The van der Waals surface area contributed by atoms with Crippen LogP contribution in [0, 0.1) is 0 Å². The molecule has 3 aromatic rings. The van der Waals surface area contributed by atoms with Crippen LogP contribution in [0.25, 0.3) is 5.65 Å². The number of hydrogen-bond acceptors (Lipinski definition) is 4. The fourth-order valence-corrected chi connectivity index (χ4v) is 3.24. The van der Waals surface area contributed by atoms with E-state index in [-0.39, 0.29) is 11.9 Å². The zero-order valence-corrected chi connectivity index (χ0v) is 12.7. The van der Waals surface area contributed by atoms with E-state index in [0.29, 0.717) is 11.2 Å². The fourth-order valence-electron chi connectivity index (χ4n) is 3.24. The molecule has 4 rings (SSSR count). The SMILES string of the molecule is O=C(c1ccc2nnnn2c1)N1CCCC1Cc1ccccc1. The van der Waals surface area contributed by atoms with E-state index in [2.05, 4.69) is 27.7 Å². The number of pyridine rings is 1. The summed E-state index contributed by atoms with van der Waals surface area (Å²) in [4.78, 5) is 14.8. The van der Waals surface area contributed by atoms with Crippen molar-refractivity contribution in [1.29, 1.82) is 0 Å². The average Bonchev–Trinajstić information content (AvgIpc) is 3.23. The van der Waals surface area contributed by atoms with Crippen molar-refractivity contribution in [1.82, 2.24) is 24.9 Å². The third-order valence-electron chi connectivity index (χ3n) is 4.39. The maximum Gasteiger partial charge on any atom is 0.255 e. The number of benzene rings is 1. The molecule has 0 bridgehead atoms. The predicted molar refractivity (Wildman–Crippen MR) is 85.0 cm³/mol. The quantitative estimate of drug-likeness (QED) is 0.742. The number of carbonyl (C=O) groups excluding carboxylic acids is 1. The minimum absolute atomic E-state index is 0.0563. The van der Waals surface area contributed by atoms with Crippen LogP contribution in [0.2, 0.25) is 0 Å². The van der Waals surface area contributed by atoms with Crippen LogP contribution in [0.15, 0.2) is 48.7 Å². The number of amides is 1. The van der Waals surface area contributed by atoms with Crippen molar-refractivity contribution in [3.63, 3.8) is 0 Å². The molecule has 3 heterocycles. The minimum Gasteiger partial charge on any atom is -0.335 e. The number of tetrazole rings is 1. The van der Waals surface area contributed by atoms with E-state index in [0.717, 1.165) is 25.8 Å². The molecule has 116 valence electrons. The Morgan fingerprint density at radius 2 is 2.04 bits per heavy atom. The van der Waals surface area contributed by atoms with Crippen molar-refractivity contribution >= 4 is 11.6 Å². The monoisotopic (exact) mass is 307 g/mol. The highest BCUT2D eigenvalue weighted by molar-refractivity contribution is 5.94. The molecule has 0 radical (unpaired) electrons. The molecule has 1 fully saturated rings. The van der Waals surface area contributed by atoms with Crippen molar-refractivity contribution < 1.29 is 4.79 Å². The number of likely N-dealkylation sites (tertiary alicyclic amines) is 1. The predicted octanol–water partition coefficient (Wildman–Crippen LogP) is 1.97. The third kappa shape index (κ3) is 2.67. The smallest absolute Gasteiger partial charge is 0.255 e. The van der Waals surface area contributed by atoms with E-state index in [4.69, 9.17) is 0 Å². The van der Waals surface area contributed by atoms with Gasteiger partial charge in [0.05, 0.1) is 5.56 Å². The molecule has 1 unspecified atom stereocenters. The Morgan fingerprint density at radius 1 is 1.17 bits per heavy atom. The number of aromatic nitrogens is 4. The normalized spacial score (nSPS) is 17.7. The van der Waals surface area contributed by atoms with Gasteiger partial charge >= 0.3 is 0 Å². The van der Waals surface area contributed by atoms with E-state index in [1.807, 2.05) is 23.1 Å². The number of fused-ring (bicyclic) bond motifs is 1. The molecule has 2 aromatic heterocycles. The lowest BCUT2D eigenvalue weighted by molar-refractivity contribution is 0.0736. The Labute approximate surface area is 133 Å². The minimum atomic E-state index is 0.0563. The topological polar surface area (TPSA) is 63.4 Å². The van der Waals surface area contributed by atoms with Crippen molar-refractivity contribution in [3.05, 3.63) is 59.8 Å². The molecule has 23 heavy (non-hydrogen) atoms. The Morgan fingerprint density at radius 3 is 2.91 bits per heavy atom. The number of carbonyl (C=O) groups is 1. The highest BCUT2D eigenvalue weighted by Crippen LogP contribution is 2.23. The zero-order chi connectivity index (χ0) is 15.6. The second-order valence-electron chi connectivity index (χ2n) is 5.88. The van der Waals surface area contributed by atoms with Crippen LogP contribution in [0.5, 0.6) is 0 Å². The number of hydrogen-bond donors (Lipinski definition) is 0. The molecule has 0 saturated carbocycles. The van der Waals surface area contributed by atoms with E-state index < -0.39 is 0 Å². The molecule has 1 aliphatic heterocycles. The first-order valence-electron chi connectivity index (χ1n) is 7.84. The molecule has 1 atom stereocenters. The molecule has 6 heteroatoms. The average molecular weight is 307 g/mol. The van der Waals surface area contributed by atoms with E-state index in [9.17, 15) is 4.79 Å². The molecule has 1 aliphatic rings. The summed E-state index contributed by atoms with van der Waals surface area (Å²) >= 11 is 0. The zero-order valence-electron chi connectivity index (χ0n) is 12.7. The molecule has 0 aliphatic carbocycles. The van der Waals surface area contributed by atoms with Crippen molar-refractivity contribution in [2.45, 2.75) is 25.3 Å². The summed E-state index contributed by atoms with van der Waals surface area (Å²) in [5.74, 6) is 0.0563. The van der Waals surface area contributed by atoms with Crippen LogP contribution in [0.1, 0.15) is 28.8 Å². The second kappa shape index (κ2) is 5.79. The molecular weight excluding hydrogens is 290 g/mol. The van der Waals surface area contributed by atoms with Crippen molar-refractivity contribution in [2.75, 3.05) is 6.54 Å². The van der Waals surface area contributed by atoms with Crippen LogP contribution < -0.4 is 0 Å². The van der Waals surface area contributed by atoms with E-state index >= 15 is 0 Å². The summed E-state index contributed by atoms with van der Waals surface area (Å²) in [6, 6.07) is 14.2. The highest BCUT2D eigenvalue weighted by atomic mass is 16.2. The molecule has 6 nitrogen and oxygen atoms in total. The first-order valence-corrected chi connectivity index (χ1v) is 7.84. The fraction of sp³-hybridized carbons (Fsp3) is 0.294. The van der Waals surface area contributed by atoms with Crippen molar-refractivity contribution in [3.8, 4) is 0 Å². The maximum absolute atomic E-state index is 12.9. The summed E-state index contributed by atoms with van der Waals surface area (Å²) in [5.41, 5.74) is 2.54. The van der Waals surface area contributed by atoms with Crippen LogP contribution in [-0.4, -0.2) is 43.4 Å². The molecule has 1 aromatic carbocycles. The van der Waals surface area contributed by atoms with E-state index in [1.54, 1.807) is 18.3 Å². The van der Waals surface area contributed by atoms with Crippen LogP contribution in [-0.2, 0) is 6.42 Å². The summed E-state index contributed by atoms with van der Waals surface area (Å²) < 4.78 is 1.54. The lowest BCUT2D eigenvalue weighted by Gasteiger charge is -2.25. The molecule has 1 amide bonds. The van der Waals surface area contributed by atoms with Gasteiger partial charge in [0.25, 0.3) is 5.91 Å². The van der Waals surface area contributed by atoms with Gasteiger partial charge < -0.3 is 4.90 Å². The van der Waals surface area contributed by atoms with Crippen molar-refractivity contribution in [2.24, 2.45) is 0 Å². The summed E-state index contributed by atoms with van der Waals surface area (Å²) in [5, 5.41) is 11.3. The second-order valence-corrected chi connectivity index (χ2v) is 5.88. The van der Waals surface area contributed by atoms with Gasteiger partial charge in [-0.3, -0.25) is 4.79 Å². The summed E-state index contributed by atoms with van der Waals surface area (Å²) in [6.07, 6.45) is 4.71. The number of rotatable bonds is 3. The Balaban J connectivity index is 1.56.